The topological polar surface area (TPSA) is 65.7 Å². The molecular weight excluding hydrogens is 475 g/mol. The summed E-state index contributed by atoms with van der Waals surface area (Å²) < 4.78 is 54.9. The number of aromatic nitrogens is 2. The van der Waals surface area contributed by atoms with Crippen molar-refractivity contribution in [3.63, 3.8) is 0 Å². The third kappa shape index (κ3) is 4.81. The highest BCUT2D eigenvalue weighted by Gasteiger charge is 2.38. The van der Waals surface area contributed by atoms with Crippen molar-refractivity contribution in [2.24, 2.45) is 5.92 Å². The molecule has 1 aliphatic rings. The van der Waals surface area contributed by atoms with Crippen molar-refractivity contribution in [1.82, 2.24) is 14.0 Å². The van der Waals surface area contributed by atoms with Gasteiger partial charge in [-0.05, 0) is 50.5 Å². The lowest BCUT2D eigenvalue weighted by molar-refractivity contribution is -0.138. The number of rotatable bonds is 4. The smallest absolute Gasteiger partial charge is 0.416 e. The van der Waals surface area contributed by atoms with Gasteiger partial charge < -0.3 is 14.4 Å². The number of fused-ring (bicyclic) bond motifs is 1. The summed E-state index contributed by atoms with van der Waals surface area (Å²) in [5, 5.41) is 0. The van der Waals surface area contributed by atoms with Gasteiger partial charge in [0.1, 0.15) is 16.9 Å². The minimum absolute atomic E-state index is 0.0214. The highest BCUT2D eigenvalue weighted by molar-refractivity contribution is 5.83. The van der Waals surface area contributed by atoms with Crippen LogP contribution in [0.15, 0.2) is 47.3 Å². The van der Waals surface area contributed by atoms with Gasteiger partial charge in [-0.1, -0.05) is 31.2 Å². The first-order valence-electron chi connectivity index (χ1n) is 11.7. The number of ether oxygens (including phenoxy) is 2. The van der Waals surface area contributed by atoms with Gasteiger partial charge in [-0.15, -0.1) is 0 Å². The van der Waals surface area contributed by atoms with E-state index in [1.807, 2.05) is 6.92 Å². The molecule has 0 N–H and O–H groups in total. The summed E-state index contributed by atoms with van der Waals surface area (Å²) in [6, 6.07) is 9.98. The highest BCUT2D eigenvalue weighted by Crippen LogP contribution is 2.35. The first kappa shape index (κ1) is 25.7. The number of hydrogen-bond acceptors (Lipinski definition) is 4. The number of hydrogen-bond donors (Lipinski definition) is 0. The van der Waals surface area contributed by atoms with E-state index < -0.39 is 35.2 Å². The van der Waals surface area contributed by atoms with Crippen LogP contribution in [0, 0.1) is 5.92 Å². The summed E-state index contributed by atoms with van der Waals surface area (Å²) in [5.74, 6) is 0.283. The van der Waals surface area contributed by atoms with Crippen LogP contribution in [0.5, 0.6) is 5.75 Å². The maximum absolute atomic E-state index is 13.8. The molecule has 2 aromatic carbocycles. The van der Waals surface area contributed by atoms with Crippen LogP contribution in [0.4, 0.5) is 18.0 Å². The van der Waals surface area contributed by atoms with Gasteiger partial charge in [0.25, 0.3) is 0 Å². The molecule has 1 amide bonds. The number of para-hydroxylation sites is 1. The van der Waals surface area contributed by atoms with Crippen molar-refractivity contribution >= 4 is 17.1 Å². The van der Waals surface area contributed by atoms with Gasteiger partial charge in [-0.3, -0.25) is 9.13 Å². The first-order chi connectivity index (χ1) is 16.8. The Bertz CT molecular complexity index is 1340. The Morgan fingerprint density at radius 2 is 1.75 bits per heavy atom. The Labute approximate surface area is 207 Å². The molecule has 4 rings (SSSR count). The number of carbonyl (C=O) groups is 1. The van der Waals surface area contributed by atoms with Crippen LogP contribution in [0.25, 0.3) is 11.0 Å². The van der Waals surface area contributed by atoms with E-state index in [0.29, 0.717) is 23.3 Å². The predicted molar refractivity (Wildman–Crippen MR) is 129 cm³/mol. The lowest BCUT2D eigenvalue weighted by Gasteiger charge is -2.24. The van der Waals surface area contributed by atoms with E-state index in [1.54, 1.807) is 48.4 Å². The molecule has 0 aliphatic carbocycles. The molecule has 0 radical (unpaired) electrons. The quantitative estimate of drug-likeness (QED) is 0.482. The maximum Gasteiger partial charge on any atom is 0.416 e. The van der Waals surface area contributed by atoms with Gasteiger partial charge in [-0.2, -0.15) is 13.2 Å². The SMILES string of the molecule is COc1cccc2c1n(Cc1ccccc1C(F)(F)F)c(=O)n2[C@H]1CN(C(=O)OC(C)(C)C)C[C@H]1C. The van der Waals surface area contributed by atoms with Crippen molar-refractivity contribution in [2.75, 3.05) is 20.2 Å². The molecule has 0 bridgehead atoms. The number of amides is 1. The Morgan fingerprint density at radius 3 is 2.39 bits per heavy atom. The monoisotopic (exact) mass is 505 g/mol. The van der Waals surface area contributed by atoms with Crippen LogP contribution in [-0.4, -0.2) is 45.9 Å². The number of methoxy groups -OCH3 is 1. The number of likely N-dealkylation sites (tertiary alicyclic amines) is 1. The van der Waals surface area contributed by atoms with E-state index in [-0.39, 0.29) is 24.6 Å². The van der Waals surface area contributed by atoms with Crippen LogP contribution in [0.3, 0.4) is 0 Å². The van der Waals surface area contributed by atoms with Crippen molar-refractivity contribution in [2.45, 2.75) is 52.1 Å². The van der Waals surface area contributed by atoms with Crippen LogP contribution < -0.4 is 10.4 Å². The lowest BCUT2D eigenvalue weighted by Crippen LogP contribution is -2.36. The largest absolute Gasteiger partial charge is 0.494 e. The minimum atomic E-state index is -4.56. The summed E-state index contributed by atoms with van der Waals surface area (Å²) in [4.78, 5) is 28.1. The summed E-state index contributed by atoms with van der Waals surface area (Å²) in [7, 11) is 1.45. The molecule has 1 saturated heterocycles. The van der Waals surface area contributed by atoms with E-state index in [4.69, 9.17) is 9.47 Å². The number of halogens is 3. The molecule has 0 saturated carbocycles. The molecule has 7 nitrogen and oxygen atoms in total. The molecule has 10 heteroatoms. The van der Waals surface area contributed by atoms with E-state index in [0.717, 1.165) is 6.07 Å². The predicted octanol–water partition coefficient (Wildman–Crippen LogP) is 5.31. The summed E-state index contributed by atoms with van der Waals surface area (Å²) in [5.41, 5.74) is -0.999. The number of benzene rings is 2. The second-order valence-corrected chi connectivity index (χ2v) is 10.2. The van der Waals surface area contributed by atoms with E-state index in [1.165, 1.54) is 29.9 Å². The fourth-order valence-electron chi connectivity index (χ4n) is 4.80. The number of imidazole rings is 1. The highest BCUT2D eigenvalue weighted by atomic mass is 19.4. The van der Waals surface area contributed by atoms with Crippen molar-refractivity contribution in [3.05, 3.63) is 64.1 Å². The van der Waals surface area contributed by atoms with Gasteiger partial charge in [0.15, 0.2) is 0 Å². The fraction of sp³-hybridized carbons (Fsp3) is 0.462. The average molecular weight is 506 g/mol. The molecule has 1 aliphatic heterocycles. The third-order valence-corrected chi connectivity index (χ3v) is 6.37. The molecule has 2 heterocycles. The van der Waals surface area contributed by atoms with E-state index >= 15 is 0 Å². The Kier molecular flexibility index (Phi) is 6.57. The zero-order valence-electron chi connectivity index (χ0n) is 20.9. The minimum Gasteiger partial charge on any atom is -0.494 e. The molecule has 3 aromatic rings. The normalized spacial score (nSPS) is 18.6. The maximum atomic E-state index is 13.8. The van der Waals surface area contributed by atoms with Gasteiger partial charge in [0.2, 0.25) is 0 Å². The Morgan fingerprint density at radius 1 is 1.06 bits per heavy atom. The number of nitrogens with zero attached hydrogens (tertiary/aromatic N) is 3. The van der Waals surface area contributed by atoms with Gasteiger partial charge in [0.05, 0.1) is 30.8 Å². The summed E-state index contributed by atoms with van der Waals surface area (Å²) in [6.45, 7) is 7.63. The van der Waals surface area contributed by atoms with Crippen molar-refractivity contribution in [3.8, 4) is 5.75 Å². The molecule has 0 spiro atoms. The van der Waals surface area contributed by atoms with Gasteiger partial charge in [-0.25, -0.2) is 9.59 Å². The number of alkyl halides is 3. The zero-order chi connectivity index (χ0) is 26.4. The van der Waals surface area contributed by atoms with Crippen molar-refractivity contribution in [1.29, 1.82) is 0 Å². The molecule has 36 heavy (non-hydrogen) atoms. The number of carbonyl (C=O) groups excluding carboxylic acids is 1. The molecule has 2 atom stereocenters. The fourth-order valence-corrected chi connectivity index (χ4v) is 4.80. The summed E-state index contributed by atoms with van der Waals surface area (Å²) in [6.07, 6.45) is -5.03. The van der Waals surface area contributed by atoms with Gasteiger partial charge in [0, 0.05) is 13.1 Å². The average Bonchev–Trinajstić information content (AvgIpc) is 3.29. The van der Waals surface area contributed by atoms with E-state index in [2.05, 4.69) is 0 Å². The van der Waals surface area contributed by atoms with Crippen molar-refractivity contribution < 1.29 is 27.4 Å². The van der Waals surface area contributed by atoms with E-state index in [9.17, 15) is 22.8 Å². The van der Waals surface area contributed by atoms with Crippen LogP contribution >= 0.6 is 0 Å². The lowest BCUT2D eigenvalue weighted by atomic mass is 10.1. The molecule has 1 aromatic heterocycles. The molecule has 1 fully saturated rings. The Hall–Kier alpha value is -3.43. The second kappa shape index (κ2) is 9.22. The molecular formula is C26H30F3N3O4. The standard InChI is InChI=1S/C26H30F3N3O4/c1-16-13-30(24(34)36-25(2,3)4)15-20(16)32-19-11-8-12-21(35-5)22(19)31(23(32)33)14-17-9-6-7-10-18(17)26(27,28)29/h6-12,16,20H,13-15H2,1-5H3/t16-,20+/m1/s1. The zero-order valence-corrected chi connectivity index (χ0v) is 20.9. The first-order valence-corrected chi connectivity index (χ1v) is 11.7. The molecule has 194 valence electrons. The summed E-state index contributed by atoms with van der Waals surface area (Å²) >= 11 is 0. The third-order valence-electron chi connectivity index (χ3n) is 6.37. The Balaban J connectivity index is 1.82. The van der Waals surface area contributed by atoms with Gasteiger partial charge >= 0.3 is 18.0 Å². The van der Waals surface area contributed by atoms with Crippen LogP contribution in [-0.2, 0) is 17.5 Å². The molecule has 0 unspecified atom stereocenters. The second-order valence-electron chi connectivity index (χ2n) is 10.2. The van der Waals surface area contributed by atoms with Crippen LogP contribution in [0.1, 0.15) is 44.9 Å². The van der Waals surface area contributed by atoms with Crippen LogP contribution in [0.2, 0.25) is 0 Å².